The molecule has 1 aliphatic rings. The van der Waals surface area contributed by atoms with Gasteiger partial charge in [0.1, 0.15) is 9.84 Å². The maximum atomic E-state index is 11.8. The summed E-state index contributed by atoms with van der Waals surface area (Å²) >= 11 is 0. The Morgan fingerprint density at radius 2 is 2.05 bits per heavy atom. The van der Waals surface area contributed by atoms with Crippen LogP contribution in [0.25, 0.3) is 0 Å². The van der Waals surface area contributed by atoms with Crippen LogP contribution in [-0.4, -0.2) is 38.9 Å². The first-order valence-corrected chi connectivity index (χ1v) is 8.76. The molecule has 0 aliphatic carbocycles. The molecular weight excluding hydrogens is 276 g/mol. The third kappa shape index (κ3) is 3.72. The van der Waals surface area contributed by atoms with Gasteiger partial charge in [0.05, 0.1) is 17.1 Å². The van der Waals surface area contributed by atoms with E-state index in [1.807, 2.05) is 31.2 Å². The Morgan fingerprint density at radius 1 is 1.35 bits per heavy atom. The molecule has 0 aromatic heterocycles. The number of para-hydroxylation sites is 2. The predicted octanol–water partition coefficient (Wildman–Crippen LogP) is 1.66. The summed E-state index contributed by atoms with van der Waals surface area (Å²) in [5.74, 6) is 0.185. The molecule has 1 N–H and O–H groups in total. The quantitative estimate of drug-likeness (QED) is 0.897. The van der Waals surface area contributed by atoms with Crippen LogP contribution in [0.5, 0.6) is 0 Å². The van der Waals surface area contributed by atoms with Gasteiger partial charge >= 0.3 is 0 Å². The monoisotopic (exact) mass is 296 g/mol. The Balaban J connectivity index is 2.18. The second-order valence-electron chi connectivity index (χ2n) is 5.30. The van der Waals surface area contributed by atoms with Gasteiger partial charge in [-0.3, -0.25) is 4.79 Å². The fraction of sp³-hybridized carbons (Fsp3) is 0.500. The molecule has 5 nitrogen and oxygen atoms in total. The summed E-state index contributed by atoms with van der Waals surface area (Å²) in [4.78, 5) is 13.6. The van der Waals surface area contributed by atoms with Crippen molar-refractivity contribution in [3.05, 3.63) is 24.3 Å². The minimum Gasteiger partial charge on any atom is -0.380 e. The van der Waals surface area contributed by atoms with E-state index < -0.39 is 9.84 Å². The van der Waals surface area contributed by atoms with Gasteiger partial charge < -0.3 is 10.2 Å². The van der Waals surface area contributed by atoms with Gasteiger partial charge in [-0.2, -0.15) is 0 Å². The molecule has 6 heteroatoms. The highest BCUT2D eigenvalue weighted by molar-refractivity contribution is 7.90. The van der Waals surface area contributed by atoms with Gasteiger partial charge in [-0.15, -0.1) is 0 Å². The van der Waals surface area contributed by atoms with Crippen molar-refractivity contribution in [1.82, 2.24) is 0 Å². The summed E-state index contributed by atoms with van der Waals surface area (Å²) in [5.41, 5.74) is 1.63. The Bertz CT molecular complexity index is 598. The number of nitrogens with zero attached hydrogens (tertiary/aromatic N) is 1. The van der Waals surface area contributed by atoms with Crippen LogP contribution in [0.2, 0.25) is 0 Å². The average molecular weight is 296 g/mol. The number of sulfone groups is 1. The summed E-state index contributed by atoms with van der Waals surface area (Å²) < 4.78 is 22.6. The molecule has 1 atom stereocenters. The van der Waals surface area contributed by atoms with E-state index in [2.05, 4.69) is 5.32 Å². The molecular formula is C14H20N2O3S. The summed E-state index contributed by atoms with van der Waals surface area (Å²) in [6, 6.07) is 7.31. The van der Waals surface area contributed by atoms with E-state index in [0.29, 0.717) is 6.42 Å². The highest BCUT2D eigenvalue weighted by Gasteiger charge is 2.24. The molecule has 0 saturated carbocycles. The van der Waals surface area contributed by atoms with Crippen LogP contribution in [0, 0.1) is 0 Å². The minimum atomic E-state index is -3.03. The molecule has 1 heterocycles. The molecule has 1 aromatic carbocycles. The molecule has 2 rings (SSSR count). The van der Waals surface area contributed by atoms with Crippen LogP contribution < -0.4 is 10.2 Å². The van der Waals surface area contributed by atoms with E-state index in [-0.39, 0.29) is 17.7 Å². The van der Waals surface area contributed by atoms with E-state index >= 15 is 0 Å². The topological polar surface area (TPSA) is 66.5 Å². The van der Waals surface area contributed by atoms with Crippen LogP contribution in [0.15, 0.2) is 24.3 Å². The van der Waals surface area contributed by atoms with Crippen molar-refractivity contribution in [2.75, 3.05) is 28.8 Å². The Kier molecular flexibility index (Phi) is 4.32. The van der Waals surface area contributed by atoms with E-state index in [1.165, 1.54) is 6.26 Å². The second-order valence-corrected chi connectivity index (χ2v) is 7.49. The Morgan fingerprint density at radius 3 is 2.65 bits per heavy atom. The number of anilines is 2. The smallest absolute Gasteiger partial charge is 0.227 e. The van der Waals surface area contributed by atoms with Gasteiger partial charge in [0.25, 0.3) is 0 Å². The van der Waals surface area contributed by atoms with Crippen molar-refractivity contribution in [1.29, 1.82) is 0 Å². The Labute approximate surface area is 119 Å². The molecule has 0 bridgehead atoms. The molecule has 1 saturated heterocycles. The lowest BCUT2D eigenvalue weighted by Crippen LogP contribution is -2.28. The third-order valence-corrected chi connectivity index (χ3v) is 4.33. The number of hydrogen-bond donors (Lipinski definition) is 1. The molecule has 1 fully saturated rings. The molecule has 0 spiro atoms. The fourth-order valence-corrected chi connectivity index (χ4v) is 3.49. The molecule has 110 valence electrons. The van der Waals surface area contributed by atoms with E-state index in [1.54, 1.807) is 4.90 Å². The second kappa shape index (κ2) is 5.83. The SMILES string of the molecule is CC(CS(C)(=O)=O)Nc1ccccc1N1CCCC1=O. The lowest BCUT2D eigenvalue weighted by molar-refractivity contribution is -0.117. The first-order valence-electron chi connectivity index (χ1n) is 6.70. The average Bonchev–Trinajstić information content (AvgIpc) is 2.73. The highest BCUT2D eigenvalue weighted by atomic mass is 32.2. The van der Waals surface area contributed by atoms with Gasteiger partial charge in [-0.05, 0) is 25.5 Å². The lowest BCUT2D eigenvalue weighted by Gasteiger charge is -2.22. The zero-order valence-electron chi connectivity index (χ0n) is 11.8. The summed E-state index contributed by atoms with van der Waals surface area (Å²) in [6.45, 7) is 2.54. The van der Waals surface area contributed by atoms with Crippen LogP contribution in [0.4, 0.5) is 11.4 Å². The van der Waals surface area contributed by atoms with Crippen LogP contribution in [-0.2, 0) is 14.6 Å². The fourth-order valence-electron chi connectivity index (χ4n) is 2.50. The number of benzene rings is 1. The van der Waals surface area contributed by atoms with Gasteiger partial charge in [0.2, 0.25) is 5.91 Å². The van der Waals surface area contributed by atoms with Crippen molar-refractivity contribution in [3.63, 3.8) is 0 Å². The maximum Gasteiger partial charge on any atom is 0.227 e. The van der Waals surface area contributed by atoms with Crippen LogP contribution >= 0.6 is 0 Å². The molecule has 1 aromatic rings. The number of amides is 1. The molecule has 1 aliphatic heterocycles. The van der Waals surface area contributed by atoms with Crippen LogP contribution in [0.1, 0.15) is 19.8 Å². The molecule has 1 amide bonds. The number of rotatable bonds is 5. The van der Waals surface area contributed by atoms with Gasteiger partial charge in [0, 0.05) is 25.3 Å². The zero-order chi connectivity index (χ0) is 14.8. The minimum absolute atomic E-state index is 0.0648. The zero-order valence-corrected chi connectivity index (χ0v) is 12.6. The van der Waals surface area contributed by atoms with E-state index in [4.69, 9.17) is 0 Å². The first-order chi connectivity index (χ1) is 9.37. The third-order valence-electron chi connectivity index (χ3n) is 3.22. The number of carbonyl (C=O) groups is 1. The van der Waals surface area contributed by atoms with Crippen molar-refractivity contribution < 1.29 is 13.2 Å². The highest BCUT2D eigenvalue weighted by Crippen LogP contribution is 2.29. The molecule has 1 unspecified atom stereocenters. The van der Waals surface area contributed by atoms with Crippen molar-refractivity contribution >= 4 is 27.1 Å². The van der Waals surface area contributed by atoms with E-state index in [0.717, 1.165) is 24.3 Å². The van der Waals surface area contributed by atoms with Gasteiger partial charge in [-0.25, -0.2) is 8.42 Å². The molecule has 0 radical (unpaired) electrons. The number of hydrogen-bond acceptors (Lipinski definition) is 4. The standard InChI is InChI=1S/C14H20N2O3S/c1-11(10-20(2,18)19)15-12-6-3-4-7-13(12)16-9-5-8-14(16)17/h3-4,6-7,11,15H,5,8-10H2,1-2H3. The van der Waals surface area contributed by atoms with Gasteiger partial charge in [0.15, 0.2) is 0 Å². The normalized spacial score (nSPS) is 17.3. The van der Waals surface area contributed by atoms with Crippen molar-refractivity contribution in [2.45, 2.75) is 25.8 Å². The Hall–Kier alpha value is -1.56. The summed E-state index contributed by atoms with van der Waals surface area (Å²) in [7, 11) is -3.03. The lowest BCUT2D eigenvalue weighted by atomic mass is 10.2. The predicted molar refractivity (Wildman–Crippen MR) is 80.8 cm³/mol. The van der Waals surface area contributed by atoms with Gasteiger partial charge in [-0.1, -0.05) is 12.1 Å². The number of nitrogens with one attached hydrogen (secondary N) is 1. The number of carbonyl (C=O) groups excluding carboxylic acids is 1. The first kappa shape index (κ1) is 14.8. The maximum absolute atomic E-state index is 11.8. The summed E-state index contributed by atoms with van der Waals surface area (Å²) in [5, 5.41) is 3.19. The van der Waals surface area contributed by atoms with Crippen molar-refractivity contribution in [2.24, 2.45) is 0 Å². The van der Waals surface area contributed by atoms with Crippen LogP contribution in [0.3, 0.4) is 0 Å². The molecule has 20 heavy (non-hydrogen) atoms. The largest absolute Gasteiger partial charge is 0.380 e. The van der Waals surface area contributed by atoms with Crippen molar-refractivity contribution in [3.8, 4) is 0 Å². The van der Waals surface area contributed by atoms with E-state index in [9.17, 15) is 13.2 Å². The summed E-state index contributed by atoms with van der Waals surface area (Å²) in [6.07, 6.45) is 2.67.